The number of aryl methyl sites for hydroxylation is 1. The summed E-state index contributed by atoms with van der Waals surface area (Å²) in [6.07, 6.45) is 2.25. The molecular weight excluding hydrogens is 216 g/mol. The highest BCUT2D eigenvalue weighted by Gasteiger charge is 2.11. The lowest BCUT2D eigenvalue weighted by molar-refractivity contribution is 1.01. The Morgan fingerprint density at radius 1 is 0.833 bits per heavy atom. The maximum Gasteiger partial charge on any atom is -0.0149 e. The summed E-state index contributed by atoms with van der Waals surface area (Å²) >= 11 is 0. The predicted octanol–water partition coefficient (Wildman–Crippen LogP) is 5.10. The number of hydrogen-bond donors (Lipinski definition) is 0. The maximum absolute atomic E-state index is 2.39. The Hall–Kier alpha value is -1.56. The highest BCUT2D eigenvalue weighted by Crippen LogP contribution is 2.30. The molecule has 2 aromatic rings. The summed E-state index contributed by atoms with van der Waals surface area (Å²) in [5.74, 6) is 0. The Bertz CT molecular complexity index is 536. The molecule has 0 heterocycles. The molecule has 2 rings (SSSR count). The SMILES string of the molecule is CCc1cc(-c2ccccc2)c(C)c(C)c1CC. The first-order chi connectivity index (χ1) is 8.69. The Labute approximate surface area is 111 Å². The van der Waals surface area contributed by atoms with Gasteiger partial charge in [-0.2, -0.15) is 0 Å². The second-order valence-corrected chi connectivity index (χ2v) is 4.88. The van der Waals surface area contributed by atoms with Gasteiger partial charge in [0, 0.05) is 0 Å². The van der Waals surface area contributed by atoms with Crippen LogP contribution in [0.15, 0.2) is 36.4 Å². The van der Waals surface area contributed by atoms with Crippen molar-refractivity contribution in [2.45, 2.75) is 40.5 Å². The fourth-order valence-electron chi connectivity index (χ4n) is 2.76. The lowest BCUT2D eigenvalue weighted by Gasteiger charge is -2.17. The third-order valence-corrected chi connectivity index (χ3v) is 3.94. The third kappa shape index (κ3) is 2.20. The lowest BCUT2D eigenvalue weighted by Crippen LogP contribution is -2.00. The zero-order valence-electron chi connectivity index (χ0n) is 11.9. The summed E-state index contributed by atoms with van der Waals surface area (Å²) in [7, 11) is 0. The van der Waals surface area contributed by atoms with E-state index >= 15 is 0 Å². The fraction of sp³-hybridized carbons (Fsp3) is 0.333. The van der Waals surface area contributed by atoms with Gasteiger partial charge in [0.05, 0.1) is 0 Å². The van der Waals surface area contributed by atoms with Crippen LogP contribution in [0, 0.1) is 13.8 Å². The summed E-state index contributed by atoms with van der Waals surface area (Å²) in [5.41, 5.74) is 8.65. The van der Waals surface area contributed by atoms with E-state index in [-0.39, 0.29) is 0 Å². The average molecular weight is 238 g/mol. The van der Waals surface area contributed by atoms with Crippen molar-refractivity contribution in [2.24, 2.45) is 0 Å². The summed E-state index contributed by atoms with van der Waals surface area (Å²) in [6.45, 7) is 9.01. The molecule has 0 heteroatoms. The second-order valence-electron chi connectivity index (χ2n) is 4.88. The molecule has 0 saturated carbocycles. The molecule has 0 radical (unpaired) electrons. The fourth-order valence-corrected chi connectivity index (χ4v) is 2.76. The van der Waals surface area contributed by atoms with Crippen molar-refractivity contribution in [2.75, 3.05) is 0 Å². The van der Waals surface area contributed by atoms with E-state index in [0.29, 0.717) is 0 Å². The molecule has 0 amide bonds. The second kappa shape index (κ2) is 5.39. The molecule has 0 aliphatic carbocycles. The molecule has 18 heavy (non-hydrogen) atoms. The van der Waals surface area contributed by atoms with E-state index in [0.717, 1.165) is 12.8 Å². The molecule has 0 N–H and O–H groups in total. The van der Waals surface area contributed by atoms with Crippen molar-refractivity contribution in [3.05, 3.63) is 58.7 Å². The van der Waals surface area contributed by atoms with Crippen molar-refractivity contribution in [1.82, 2.24) is 0 Å². The van der Waals surface area contributed by atoms with Gasteiger partial charge in [-0.25, -0.2) is 0 Å². The largest absolute Gasteiger partial charge is 0.0622 e. The van der Waals surface area contributed by atoms with Crippen LogP contribution in [0.3, 0.4) is 0 Å². The van der Waals surface area contributed by atoms with Crippen LogP contribution in [-0.4, -0.2) is 0 Å². The lowest BCUT2D eigenvalue weighted by atomic mass is 9.88. The highest BCUT2D eigenvalue weighted by molar-refractivity contribution is 5.70. The topological polar surface area (TPSA) is 0 Å². The standard InChI is InChI=1S/C18H22/c1-5-15-12-18(16-10-8-7-9-11-16)14(4)13(3)17(15)6-2/h7-12H,5-6H2,1-4H3. The maximum atomic E-state index is 2.39. The number of rotatable bonds is 3. The van der Waals surface area contributed by atoms with Crippen LogP contribution in [0.2, 0.25) is 0 Å². The molecule has 0 fully saturated rings. The summed E-state index contributed by atoms with van der Waals surface area (Å²) in [4.78, 5) is 0. The van der Waals surface area contributed by atoms with Crippen LogP contribution in [0.1, 0.15) is 36.1 Å². The molecule has 0 saturated heterocycles. The summed E-state index contributed by atoms with van der Waals surface area (Å²) < 4.78 is 0. The van der Waals surface area contributed by atoms with E-state index in [1.54, 1.807) is 0 Å². The molecule has 0 aromatic heterocycles. The highest BCUT2D eigenvalue weighted by atomic mass is 14.2. The molecule has 0 aliphatic rings. The van der Waals surface area contributed by atoms with Crippen LogP contribution in [-0.2, 0) is 12.8 Å². The molecule has 0 unspecified atom stereocenters. The van der Waals surface area contributed by atoms with Crippen molar-refractivity contribution < 1.29 is 0 Å². The minimum atomic E-state index is 1.12. The quantitative estimate of drug-likeness (QED) is 0.698. The van der Waals surface area contributed by atoms with Gasteiger partial charge in [0.15, 0.2) is 0 Å². The molecule has 0 nitrogen and oxygen atoms in total. The third-order valence-electron chi connectivity index (χ3n) is 3.94. The van der Waals surface area contributed by atoms with Crippen LogP contribution >= 0.6 is 0 Å². The van der Waals surface area contributed by atoms with Gasteiger partial charge in [0.1, 0.15) is 0 Å². The van der Waals surface area contributed by atoms with Crippen LogP contribution in [0.4, 0.5) is 0 Å². The van der Waals surface area contributed by atoms with E-state index in [9.17, 15) is 0 Å². The smallest absolute Gasteiger partial charge is 0.0149 e. The Kier molecular flexibility index (Phi) is 3.86. The van der Waals surface area contributed by atoms with Gasteiger partial charge < -0.3 is 0 Å². The van der Waals surface area contributed by atoms with Gasteiger partial charge in [-0.1, -0.05) is 50.2 Å². The zero-order chi connectivity index (χ0) is 13.1. The van der Waals surface area contributed by atoms with Gasteiger partial charge in [0.25, 0.3) is 0 Å². The Morgan fingerprint density at radius 2 is 1.50 bits per heavy atom. The van der Waals surface area contributed by atoms with Crippen LogP contribution in [0.5, 0.6) is 0 Å². The molecule has 0 atom stereocenters. The molecular formula is C18H22. The first-order valence-corrected chi connectivity index (χ1v) is 6.86. The molecule has 0 aliphatic heterocycles. The summed E-state index contributed by atoms with van der Waals surface area (Å²) in [5, 5.41) is 0. The van der Waals surface area contributed by atoms with Crippen molar-refractivity contribution >= 4 is 0 Å². The Balaban J connectivity index is 2.66. The Morgan fingerprint density at radius 3 is 2.06 bits per heavy atom. The normalized spacial score (nSPS) is 10.7. The molecule has 94 valence electrons. The molecule has 0 spiro atoms. The van der Waals surface area contributed by atoms with Crippen LogP contribution in [0.25, 0.3) is 11.1 Å². The van der Waals surface area contributed by atoms with E-state index in [1.807, 2.05) is 0 Å². The van der Waals surface area contributed by atoms with Gasteiger partial charge in [-0.05, 0) is 60.1 Å². The van der Waals surface area contributed by atoms with Crippen LogP contribution < -0.4 is 0 Å². The summed E-state index contributed by atoms with van der Waals surface area (Å²) in [6, 6.07) is 13.1. The van der Waals surface area contributed by atoms with E-state index in [2.05, 4.69) is 64.1 Å². The van der Waals surface area contributed by atoms with E-state index in [1.165, 1.54) is 33.4 Å². The van der Waals surface area contributed by atoms with Crippen molar-refractivity contribution in [1.29, 1.82) is 0 Å². The van der Waals surface area contributed by atoms with Gasteiger partial charge in [-0.3, -0.25) is 0 Å². The molecule has 0 bridgehead atoms. The zero-order valence-corrected chi connectivity index (χ0v) is 11.9. The van der Waals surface area contributed by atoms with Gasteiger partial charge in [0.2, 0.25) is 0 Å². The van der Waals surface area contributed by atoms with Crippen molar-refractivity contribution in [3.8, 4) is 11.1 Å². The monoisotopic (exact) mass is 238 g/mol. The minimum absolute atomic E-state index is 1.12. The van der Waals surface area contributed by atoms with E-state index in [4.69, 9.17) is 0 Å². The first-order valence-electron chi connectivity index (χ1n) is 6.86. The van der Waals surface area contributed by atoms with E-state index < -0.39 is 0 Å². The molecule has 2 aromatic carbocycles. The van der Waals surface area contributed by atoms with Gasteiger partial charge >= 0.3 is 0 Å². The minimum Gasteiger partial charge on any atom is -0.0622 e. The number of benzene rings is 2. The van der Waals surface area contributed by atoms with Gasteiger partial charge in [-0.15, -0.1) is 0 Å². The number of hydrogen-bond acceptors (Lipinski definition) is 0. The predicted molar refractivity (Wildman–Crippen MR) is 80.1 cm³/mol. The first kappa shape index (κ1) is 12.9. The average Bonchev–Trinajstić information content (AvgIpc) is 2.42. The van der Waals surface area contributed by atoms with Crippen molar-refractivity contribution in [3.63, 3.8) is 0 Å².